The lowest BCUT2D eigenvalue weighted by atomic mass is 9.90. The summed E-state index contributed by atoms with van der Waals surface area (Å²) in [5.41, 5.74) is 6.31. The molecule has 1 aromatic carbocycles. The van der Waals surface area contributed by atoms with E-state index in [4.69, 9.17) is 5.53 Å². The summed E-state index contributed by atoms with van der Waals surface area (Å²) >= 11 is 0. The van der Waals surface area contributed by atoms with Gasteiger partial charge in [-0.15, -0.1) is 0 Å². The Morgan fingerprint density at radius 2 is 1.82 bits per heavy atom. The largest absolute Gasteiger partial charge is 0.416 e. The number of nitrogens with one attached hydrogen (secondary N) is 1. The van der Waals surface area contributed by atoms with Gasteiger partial charge in [0, 0.05) is 4.91 Å². The molecule has 1 atom stereocenters. The highest BCUT2D eigenvalue weighted by Gasteiger charge is 2.34. The second-order valence-electron chi connectivity index (χ2n) is 4.66. The molecule has 10 heteroatoms. The van der Waals surface area contributed by atoms with E-state index in [1.54, 1.807) is 0 Å². The Hall–Kier alpha value is -2.58. The van der Waals surface area contributed by atoms with Crippen LogP contribution < -0.4 is 0 Å². The first kappa shape index (κ1) is 15.8. The Morgan fingerprint density at radius 1 is 1.23 bits per heavy atom. The quantitative estimate of drug-likeness (QED) is 0.514. The lowest BCUT2D eigenvalue weighted by molar-refractivity contribution is -0.137. The zero-order valence-corrected chi connectivity index (χ0v) is 11.3. The molecule has 2 aromatic rings. The minimum absolute atomic E-state index is 0.0830. The summed E-state index contributed by atoms with van der Waals surface area (Å²) in [6, 6.07) is 4.07. The molecule has 0 aliphatic rings. The molecule has 0 saturated carbocycles. The molecule has 0 radical (unpaired) electrons. The number of alkyl halides is 3. The first-order valence-corrected chi connectivity index (χ1v) is 6.08. The maximum Gasteiger partial charge on any atom is 0.416 e. The minimum Gasteiger partial charge on any atom is -0.379 e. The number of hydrogen-bond donors (Lipinski definition) is 2. The number of benzene rings is 1. The maximum absolute atomic E-state index is 12.6. The van der Waals surface area contributed by atoms with Gasteiger partial charge in [0.2, 0.25) is 0 Å². The summed E-state index contributed by atoms with van der Waals surface area (Å²) in [6.45, 7) is 1.23. The standard InChI is InChI=1S/C12H11F3N6O/c1-11(22,10-9(6-17-20-16)18-21-19-10)7-2-4-8(5-3-7)12(13,14)15/h2-5,22H,6H2,1H3,(H,18,19,21). The summed E-state index contributed by atoms with van der Waals surface area (Å²) in [4.78, 5) is 2.58. The van der Waals surface area contributed by atoms with E-state index in [0.717, 1.165) is 24.3 Å². The highest BCUT2D eigenvalue weighted by atomic mass is 19.4. The molecule has 0 bridgehead atoms. The van der Waals surface area contributed by atoms with Crippen LogP contribution in [0.2, 0.25) is 0 Å². The number of hydrogen-bond acceptors (Lipinski definition) is 4. The van der Waals surface area contributed by atoms with E-state index in [-0.39, 0.29) is 23.5 Å². The van der Waals surface area contributed by atoms with Crippen LogP contribution in [0.15, 0.2) is 29.4 Å². The number of aromatic nitrogens is 3. The fraction of sp³-hybridized carbons (Fsp3) is 0.333. The molecular formula is C12H11F3N6O. The number of H-pyrrole nitrogens is 1. The summed E-state index contributed by atoms with van der Waals surface area (Å²) in [5, 5.41) is 23.8. The van der Waals surface area contributed by atoms with Crippen LogP contribution in [0.4, 0.5) is 13.2 Å². The van der Waals surface area contributed by atoms with Gasteiger partial charge in [-0.2, -0.15) is 28.6 Å². The average molecular weight is 312 g/mol. The Morgan fingerprint density at radius 3 is 2.36 bits per heavy atom. The Kier molecular flexibility index (Phi) is 4.07. The zero-order chi connectivity index (χ0) is 16.4. The predicted octanol–water partition coefficient (Wildman–Crippen LogP) is 2.89. The smallest absolute Gasteiger partial charge is 0.379 e. The van der Waals surface area contributed by atoms with Crippen LogP contribution >= 0.6 is 0 Å². The Bertz CT molecular complexity index is 700. The lowest BCUT2D eigenvalue weighted by Crippen LogP contribution is -2.25. The molecule has 7 nitrogen and oxygen atoms in total. The fourth-order valence-electron chi connectivity index (χ4n) is 1.97. The number of aliphatic hydroxyl groups is 1. The third-order valence-corrected chi connectivity index (χ3v) is 3.14. The van der Waals surface area contributed by atoms with Crippen molar-refractivity contribution in [3.05, 3.63) is 57.2 Å². The number of nitrogens with zero attached hydrogens (tertiary/aromatic N) is 5. The van der Waals surface area contributed by atoms with Crippen molar-refractivity contribution in [2.45, 2.75) is 25.2 Å². The fourth-order valence-corrected chi connectivity index (χ4v) is 1.97. The normalized spacial score (nSPS) is 14.2. The van der Waals surface area contributed by atoms with Crippen molar-refractivity contribution in [3.63, 3.8) is 0 Å². The van der Waals surface area contributed by atoms with E-state index in [0.29, 0.717) is 0 Å². The molecule has 0 amide bonds. The first-order chi connectivity index (χ1) is 10.3. The van der Waals surface area contributed by atoms with E-state index in [1.165, 1.54) is 6.92 Å². The van der Waals surface area contributed by atoms with E-state index in [1.807, 2.05) is 0 Å². The lowest BCUT2D eigenvalue weighted by Gasteiger charge is -2.22. The molecule has 2 N–H and O–H groups in total. The molecule has 0 saturated heterocycles. The molecule has 1 aromatic heterocycles. The van der Waals surface area contributed by atoms with Gasteiger partial charge in [0.05, 0.1) is 17.8 Å². The molecule has 0 aliphatic heterocycles. The van der Waals surface area contributed by atoms with Crippen LogP contribution in [0, 0.1) is 0 Å². The van der Waals surface area contributed by atoms with Crippen LogP contribution in [-0.4, -0.2) is 20.5 Å². The Balaban J connectivity index is 2.38. The van der Waals surface area contributed by atoms with Gasteiger partial charge in [-0.05, 0) is 30.2 Å². The third kappa shape index (κ3) is 3.02. The van der Waals surface area contributed by atoms with Crippen LogP contribution in [0.25, 0.3) is 10.4 Å². The molecule has 1 unspecified atom stereocenters. The molecule has 0 spiro atoms. The topological polar surface area (TPSA) is 111 Å². The van der Waals surface area contributed by atoms with Gasteiger partial charge in [0.15, 0.2) is 0 Å². The van der Waals surface area contributed by atoms with Crippen LogP contribution in [0.1, 0.15) is 29.4 Å². The van der Waals surface area contributed by atoms with E-state index < -0.39 is 17.3 Å². The second-order valence-corrected chi connectivity index (χ2v) is 4.66. The van der Waals surface area contributed by atoms with Crippen molar-refractivity contribution in [1.29, 1.82) is 0 Å². The maximum atomic E-state index is 12.6. The summed E-state index contributed by atoms with van der Waals surface area (Å²) in [5.74, 6) is 0. The van der Waals surface area contributed by atoms with Crippen molar-refractivity contribution >= 4 is 0 Å². The Labute approximate surface area is 122 Å². The number of azide groups is 1. The van der Waals surface area contributed by atoms with Gasteiger partial charge in [0.25, 0.3) is 0 Å². The van der Waals surface area contributed by atoms with Gasteiger partial charge in [-0.25, -0.2) is 0 Å². The SMILES string of the molecule is CC(O)(c1ccc(C(F)(F)F)cc1)c1n[nH]nc1CN=[N+]=[N-]. The third-order valence-electron chi connectivity index (χ3n) is 3.14. The molecule has 0 aliphatic carbocycles. The highest BCUT2D eigenvalue weighted by Crippen LogP contribution is 2.33. The average Bonchev–Trinajstić information content (AvgIpc) is 2.93. The number of aromatic amines is 1. The van der Waals surface area contributed by atoms with Gasteiger partial charge in [-0.1, -0.05) is 17.2 Å². The predicted molar refractivity (Wildman–Crippen MR) is 69.3 cm³/mol. The van der Waals surface area contributed by atoms with Gasteiger partial charge in [0.1, 0.15) is 11.3 Å². The van der Waals surface area contributed by atoms with E-state index in [9.17, 15) is 18.3 Å². The number of halogens is 3. The highest BCUT2D eigenvalue weighted by molar-refractivity contribution is 5.35. The van der Waals surface area contributed by atoms with Gasteiger partial charge >= 0.3 is 6.18 Å². The van der Waals surface area contributed by atoms with Crippen LogP contribution in [0.3, 0.4) is 0 Å². The van der Waals surface area contributed by atoms with Gasteiger partial charge in [-0.3, -0.25) is 0 Å². The molecule has 1 heterocycles. The first-order valence-electron chi connectivity index (χ1n) is 6.08. The van der Waals surface area contributed by atoms with E-state index >= 15 is 0 Å². The van der Waals surface area contributed by atoms with E-state index in [2.05, 4.69) is 25.4 Å². The molecule has 22 heavy (non-hydrogen) atoms. The van der Waals surface area contributed by atoms with Crippen molar-refractivity contribution in [2.24, 2.45) is 5.11 Å². The van der Waals surface area contributed by atoms with Crippen molar-refractivity contribution in [3.8, 4) is 0 Å². The molecular weight excluding hydrogens is 301 g/mol. The minimum atomic E-state index is -4.45. The summed E-state index contributed by atoms with van der Waals surface area (Å²) < 4.78 is 37.7. The zero-order valence-electron chi connectivity index (χ0n) is 11.3. The van der Waals surface area contributed by atoms with Crippen molar-refractivity contribution in [1.82, 2.24) is 15.4 Å². The van der Waals surface area contributed by atoms with Crippen LogP contribution in [-0.2, 0) is 18.3 Å². The molecule has 2 rings (SSSR count). The van der Waals surface area contributed by atoms with Gasteiger partial charge < -0.3 is 5.11 Å². The van der Waals surface area contributed by atoms with Crippen molar-refractivity contribution < 1.29 is 18.3 Å². The van der Waals surface area contributed by atoms with Crippen molar-refractivity contribution in [2.75, 3.05) is 0 Å². The number of rotatable bonds is 4. The second kappa shape index (κ2) is 5.66. The summed E-state index contributed by atoms with van der Waals surface area (Å²) in [7, 11) is 0. The summed E-state index contributed by atoms with van der Waals surface area (Å²) in [6.07, 6.45) is -4.45. The van der Waals surface area contributed by atoms with Crippen LogP contribution in [0.5, 0.6) is 0 Å². The molecule has 116 valence electrons. The monoisotopic (exact) mass is 312 g/mol. The molecule has 0 fully saturated rings.